The molecule has 2 unspecified atom stereocenters. The molecule has 1 aromatic carbocycles. The highest BCUT2D eigenvalue weighted by Gasteiger charge is 2.19. The van der Waals surface area contributed by atoms with Gasteiger partial charge in [0.2, 0.25) is 0 Å². The molecule has 2 amide bonds. The standard InChI is InChI=1S/C14H20N2O2/c1-10-5-3-4-6-13(10)11(2)15-14(17)16-12-7-8-18-9-12/h3-6,11-12H,7-9H2,1-2H3,(H2,15,16,17). The first kappa shape index (κ1) is 12.9. The van der Waals surface area contributed by atoms with E-state index >= 15 is 0 Å². The zero-order valence-electron chi connectivity index (χ0n) is 10.9. The van der Waals surface area contributed by atoms with Crippen LogP contribution in [0.4, 0.5) is 4.79 Å². The van der Waals surface area contributed by atoms with Crippen LogP contribution >= 0.6 is 0 Å². The van der Waals surface area contributed by atoms with Crippen molar-refractivity contribution in [2.24, 2.45) is 0 Å². The van der Waals surface area contributed by atoms with E-state index in [1.54, 1.807) is 0 Å². The van der Waals surface area contributed by atoms with Crippen molar-refractivity contribution in [1.82, 2.24) is 10.6 Å². The summed E-state index contributed by atoms with van der Waals surface area (Å²) in [6, 6.07) is 8.11. The van der Waals surface area contributed by atoms with Gasteiger partial charge in [-0.3, -0.25) is 0 Å². The number of nitrogens with one attached hydrogen (secondary N) is 2. The van der Waals surface area contributed by atoms with E-state index in [0.717, 1.165) is 18.6 Å². The molecule has 98 valence electrons. The van der Waals surface area contributed by atoms with Crippen molar-refractivity contribution in [3.8, 4) is 0 Å². The minimum Gasteiger partial charge on any atom is -0.379 e. The lowest BCUT2D eigenvalue weighted by molar-refractivity contribution is 0.188. The molecular weight excluding hydrogens is 228 g/mol. The molecule has 1 aliphatic rings. The molecule has 0 radical (unpaired) electrons. The van der Waals surface area contributed by atoms with Crippen molar-refractivity contribution >= 4 is 6.03 Å². The molecule has 0 bridgehead atoms. The van der Waals surface area contributed by atoms with E-state index in [2.05, 4.69) is 23.6 Å². The lowest BCUT2D eigenvalue weighted by Gasteiger charge is -2.18. The fourth-order valence-electron chi connectivity index (χ4n) is 2.22. The van der Waals surface area contributed by atoms with Crippen molar-refractivity contribution in [2.45, 2.75) is 32.4 Å². The maximum absolute atomic E-state index is 11.8. The molecule has 4 heteroatoms. The van der Waals surface area contributed by atoms with E-state index in [1.165, 1.54) is 5.56 Å². The highest BCUT2D eigenvalue weighted by atomic mass is 16.5. The molecule has 1 heterocycles. The first-order valence-corrected chi connectivity index (χ1v) is 6.37. The Bertz CT molecular complexity index is 414. The number of amides is 2. The molecule has 2 rings (SSSR count). The minimum absolute atomic E-state index is 0.00789. The molecule has 1 aliphatic heterocycles. The Balaban J connectivity index is 1.88. The summed E-state index contributed by atoms with van der Waals surface area (Å²) in [5.74, 6) is 0. The van der Waals surface area contributed by atoms with Crippen molar-refractivity contribution < 1.29 is 9.53 Å². The molecule has 1 fully saturated rings. The Kier molecular flexibility index (Phi) is 4.20. The van der Waals surface area contributed by atoms with Crippen LogP contribution in [0, 0.1) is 6.92 Å². The molecule has 2 N–H and O–H groups in total. The Labute approximate surface area is 108 Å². The van der Waals surface area contributed by atoms with Gasteiger partial charge in [-0.2, -0.15) is 0 Å². The van der Waals surface area contributed by atoms with Crippen LogP contribution in [-0.2, 0) is 4.74 Å². The van der Waals surface area contributed by atoms with E-state index in [1.807, 2.05) is 25.1 Å². The summed E-state index contributed by atoms with van der Waals surface area (Å²) < 4.78 is 5.22. The van der Waals surface area contributed by atoms with Crippen LogP contribution in [0.15, 0.2) is 24.3 Å². The first-order valence-electron chi connectivity index (χ1n) is 6.37. The lowest BCUT2D eigenvalue weighted by atomic mass is 10.0. The van der Waals surface area contributed by atoms with E-state index in [4.69, 9.17) is 4.74 Å². The lowest BCUT2D eigenvalue weighted by Crippen LogP contribution is -2.43. The number of carbonyl (C=O) groups excluding carboxylic acids is 1. The number of aryl methyl sites for hydroxylation is 1. The quantitative estimate of drug-likeness (QED) is 0.861. The molecule has 0 spiro atoms. The van der Waals surface area contributed by atoms with Crippen molar-refractivity contribution in [1.29, 1.82) is 0 Å². The summed E-state index contributed by atoms with van der Waals surface area (Å²) in [6.45, 7) is 5.40. The third-order valence-electron chi connectivity index (χ3n) is 3.27. The molecule has 1 saturated heterocycles. The van der Waals surface area contributed by atoms with Gasteiger partial charge in [-0.25, -0.2) is 4.79 Å². The molecule has 2 atom stereocenters. The van der Waals surface area contributed by atoms with E-state index in [9.17, 15) is 4.79 Å². The fraction of sp³-hybridized carbons (Fsp3) is 0.500. The molecule has 0 aliphatic carbocycles. The van der Waals surface area contributed by atoms with Gasteiger partial charge in [0.1, 0.15) is 0 Å². The summed E-state index contributed by atoms with van der Waals surface area (Å²) in [4.78, 5) is 11.8. The summed E-state index contributed by atoms with van der Waals surface area (Å²) >= 11 is 0. The van der Waals surface area contributed by atoms with E-state index in [-0.39, 0.29) is 18.1 Å². The van der Waals surface area contributed by atoms with E-state index in [0.29, 0.717) is 6.61 Å². The SMILES string of the molecule is Cc1ccccc1C(C)NC(=O)NC1CCOC1. The zero-order valence-corrected chi connectivity index (χ0v) is 10.9. The topological polar surface area (TPSA) is 50.4 Å². The van der Waals surface area contributed by atoms with Crippen LogP contribution < -0.4 is 10.6 Å². The number of hydrogen-bond acceptors (Lipinski definition) is 2. The van der Waals surface area contributed by atoms with Gasteiger partial charge < -0.3 is 15.4 Å². The van der Waals surface area contributed by atoms with Gasteiger partial charge in [0.05, 0.1) is 18.7 Å². The van der Waals surface area contributed by atoms with Gasteiger partial charge in [0.15, 0.2) is 0 Å². The number of ether oxygens (including phenoxy) is 1. The average molecular weight is 248 g/mol. The van der Waals surface area contributed by atoms with Crippen LogP contribution in [-0.4, -0.2) is 25.3 Å². The number of benzene rings is 1. The number of hydrogen-bond donors (Lipinski definition) is 2. The molecule has 18 heavy (non-hydrogen) atoms. The summed E-state index contributed by atoms with van der Waals surface area (Å²) in [7, 11) is 0. The van der Waals surface area contributed by atoms with Gasteiger partial charge in [-0.1, -0.05) is 24.3 Å². The van der Waals surface area contributed by atoms with Crippen molar-refractivity contribution in [3.05, 3.63) is 35.4 Å². The third-order valence-corrected chi connectivity index (χ3v) is 3.27. The predicted octanol–water partition coefficient (Wildman–Crippen LogP) is 2.14. The second kappa shape index (κ2) is 5.87. The Morgan fingerprint density at radius 3 is 2.89 bits per heavy atom. The summed E-state index contributed by atoms with van der Waals surface area (Å²) in [6.07, 6.45) is 0.895. The van der Waals surface area contributed by atoms with Gasteiger partial charge in [-0.15, -0.1) is 0 Å². The summed E-state index contributed by atoms with van der Waals surface area (Å²) in [5.41, 5.74) is 2.34. The van der Waals surface area contributed by atoms with Gasteiger partial charge in [-0.05, 0) is 31.4 Å². The molecule has 4 nitrogen and oxygen atoms in total. The van der Waals surface area contributed by atoms with Crippen LogP contribution in [0.25, 0.3) is 0 Å². The normalized spacial score (nSPS) is 20.4. The maximum atomic E-state index is 11.8. The highest BCUT2D eigenvalue weighted by Crippen LogP contribution is 2.16. The second-order valence-electron chi connectivity index (χ2n) is 4.76. The van der Waals surface area contributed by atoms with Crippen LogP contribution in [0.1, 0.15) is 30.5 Å². The Hall–Kier alpha value is -1.55. The second-order valence-corrected chi connectivity index (χ2v) is 4.76. The zero-order chi connectivity index (χ0) is 13.0. The number of carbonyl (C=O) groups is 1. The number of urea groups is 1. The molecule has 1 aromatic rings. The van der Waals surface area contributed by atoms with Crippen LogP contribution in [0.2, 0.25) is 0 Å². The minimum atomic E-state index is -0.124. The predicted molar refractivity (Wildman–Crippen MR) is 70.5 cm³/mol. The third kappa shape index (κ3) is 3.23. The summed E-state index contributed by atoms with van der Waals surface area (Å²) in [5, 5.41) is 5.88. The molecule has 0 aromatic heterocycles. The maximum Gasteiger partial charge on any atom is 0.315 e. The molecular formula is C14H20N2O2. The van der Waals surface area contributed by atoms with Gasteiger partial charge in [0.25, 0.3) is 0 Å². The first-order chi connectivity index (χ1) is 8.66. The highest BCUT2D eigenvalue weighted by molar-refractivity contribution is 5.74. The Morgan fingerprint density at radius 2 is 2.22 bits per heavy atom. The van der Waals surface area contributed by atoms with Gasteiger partial charge >= 0.3 is 6.03 Å². The Morgan fingerprint density at radius 1 is 1.44 bits per heavy atom. The van der Waals surface area contributed by atoms with Gasteiger partial charge in [0, 0.05) is 6.61 Å². The van der Waals surface area contributed by atoms with Crippen LogP contribution in [0.3, 0.4) is 0 Å². The van der Waals surface area contributed by atoms with Crippen molar-refractivity contribution in [3.63, 3.8) is 0 Å². The van der Waals surface area contributed by atoms with Crippen molar-refractivity contribution in [2.75, 3.05) is 13.2 Å². The largest absolute Gasteiger partial charge is 0.379 e. The van der Waals surface area contributed by atoms with E-state index < -0.39 is 0 Å². The monoisotopic (exact) mass is 248 g/mol. The average Bonchev–Trinajstić information content (AvgIpc) is 2.82. The fourth-order valence-corrected chi connectivity index (χ4v) is 2.22. The van der Waals surface area contributed by atoms with Crippen LogP contribution in [0.5, 0.6) is 0 Å². The molecule has 0 saturated carbocycles. The number of rotatable bonds is 3. The smallest absolute Gasteiger partial charge is 0.315 e.